The van der Waals surface area contributed by atoms with Crippen molar-refractivity contribution in [2.24, 2.45) is 7.05 Å². The van der Waals surface area contributed by atoms with E-state index in [0.29, 0.717) is 11.1 Å². The molecule has 1 heterocycles. The second kappa shape index (κ2) is 7.67. The molecule has 0 fully saturated rings. The Morgan fingerprint density at radius 2 is 2.18 bits per heavy atom. The predicted molar refractivity (Wildman–Crippen MR) is 104 cm³/mol. The van der Waals surface area contributed by atoms with Crippen molar-refractivity contribution < 1.29 is 19.2 Å². The van der Waals surface area contributed by atoms with E-state index in [1.807, 2.05) is 0 Å². The van der Waals surface area contributed by atoms with Crippen molar-refractivity contribution in [2.45, 2.75) is 0 Å². The molecule has 0 aliphatic rings. The molecule has 28 heavy (non-hydrogen) atoms. The lowest BCUT2D eigenvalue weighted by Gasteiger charge is -2.08. The molecule has 2 aromatic carbocycles. The first-order chi connectivity index (χ1) is 13.3. The zero-order chi connectivity index (χ0) is 20.6. The summed E-state index contributed by atoms with van der Waals surface area (Å²) in [5.74, 6) is 3.62. The summed E-state index contributed by atoms with van der Waals surface area (Å²) >= 11 is 9.22. The van der Waals surface area contributed by atoms with Crippen LogP contribution >= 0.6 is 27.5 Å². The van der Waals surface area contributed by atoms with Crippen LogP contribution < -0.4 is 0 Å². The van der Waals surface area contributed by atoms with Gasteiger partial charge in [-0.3, -0.25) is 19.6 Å². The number of hydrogen-bond acceptors (Lipinski definition) is 5. The molecule has 3 aromatic rings. The van der Waals surface area contributed by atoms with E-state index in [9.17, 15) is 19.3 Å². The Hall–Kier alpha value is -2.80. The van der Waals surface area contributed by atoms with Gasteiger partial charge >= 0.3 is 0 Å². The number of aromatic nitrogens is 2. The first-order valence-corrected chi connectivity index (χ1v) is 8.86. The number of nitrogens with zero attached hydrogens (tertiary/aromatic N) is 3. The molecule has 0 spiro atoms. The standard InChI is InChI=1S/C18H10BrClFN3O4/c1-23-13(3-2-6-25)11-8-14(24(27)28)15(16(19)17(11)22-23)18(26)10-7-9(21)4-5-12(10)20/h4-5,7-8,25H,6H2,1H3. The van der Waals surface area contributed by atoms with Crippen LogP contribution in [0.1, 0.15) is 21.6 Å². The summed E-state index contributed by atoms with van der Waals surface area (Å²) in [5, 5.41) is 25.1. The number of nitro groups is 1. The van der Waals surface area contributed by atoms with Crippen molar-refractivity contribution in [3.05, 3.63) is 66.5 Å². The number of aliphatic hydroxyl groups excluding tert-OH is 1. The van der Waals surface area contributed by atoms with Crippen LogP contribution in [0.5, 0.6) is 0 Å². The Morgan fingerprint density at radius 3 is 2.82 bits per heavy atom. The summed E-state index contributed by atoms with van der Waals surface area (Å²) < 4.78 is 15.0. The molecule has 0 radical (unpaired) electrons. The molecule has 0 saturated heterocycles. The first-order valence-electron chi connectivity index (χ1n) is 7.69. The van der Waals surface area contributed by atoms with Gasteiger partial charge in [-0.15, -0.1) is 0 Å². The third-order valence-electron chi connectivity index (χ3n) is 3.93. The average molecular weight is 467 g/mol. The number of nitro benzene ring substituents is 1. The van der Waals surface area contributed by atoms with Gasteiger partial charge in [-0.2, -0.15) is 5.10 Å². The van der Waals surface area contributed by atoms with E-state index >= 15 is 0 Å². The minimum atomic E-state index is -0.821. The number of fused-ring (bicyclic) bond motifs is 1. The third-order valence-corrected chi connectivity index (χ3v) is 5.03. The zero-order valence-corrected chi connectivity index (χ0v) is 16.5. The molecule has 0 aliphatic carbocycles. The molecule has 0 atom stereocenters. The maximum absolute atomic E-state index is 13.6. The number of ketones is 1. The van der Waals surface area contributed by atoms with Crippen molar-refractivity contribution in [3.8, 4) is 11.8 Å². The largest absolute Gasteiger partial charge is 0.384 e. The molecule has 0 aliphatic heterocycles. The number of aryl methyl sites for hydroxylation is 1. The van der Waals surface area contributed by atoms with Crippen molar-refractivity contribution in [1.29, 1.82) is 0 Å². The summed E-state index contributed by atoms with van der Waals surface area (Å²) in [7, 11) is 1.57. The second-order valence-electron chi connectivity index (χ2n) is 5.62. The van der Waals surface area contributed by atoms with E-state index < -0.39 is 28.8 Å². The Kier molecular flexibility index (Phi) is 5.47. The van der Waals surface area contributed by atoms with E-state index in [-0.39, 0.29) is 26.1 Å². The van der Waals surface area contributed by atoms with Crippen LogP contribution in [0.2, 0.25) is 5.02 Å². The average Bonchev–Trinajstić information content (AvgIpc) is 2.97. The van der Waals surface area contributed by atoms with Gasteiger partial charge in [0.05, 0.1) is 14.4 Å². The molecule has 0 saturated carbocycles. The quantitative estimate of drug-likeness (QED) is 0.275. The van der Waals surface area contributed by atoms with Gasteiger partial charge in [-0.05, 0) is 40.0 Å². The SMILES string of the molecule is Cn1nc2c(Br)c(C(=O)c3cc(F)ccc3Cl)c([N+](=O)[O-])cc2c1C#CCO. The number of aliphatic hydroxyl groups is 1. The molecule has 7 nitrogen and oxygen atoms in total. The molecule has 1 aromatic heterocycles. The highest BCUT2D eigenvalue weighted by molar-refractivity contribution is 9.10. The van der Waals surface area contributed by atoms with Crippen LogP contribution in [0.3, 0.4) is 0 Å². The van der Waals surface area contributed by atoms with Gasteiger partial charge in [0, 0.05) is 24.1 Å². The summed E-state index contributed by atoms with van der Waals surface area (Å²) in [6.45, 7) is -0.398. The maximum Gasteiger partial charge on any atom is 0.282 e. The molecule has 0 bridgehead atoms. The van der Waals surface area contributed by atoms with E-state index in [1.54, 1.807) is 7.05 Å². The van der Waals surface area contributed by atoms with Gasteiger partial charge in [0.1, 0.15) is 29.2 Å². The lowest BCUT2D eigenvalue weighted by Crippen LogP contribution is -2.08. The minimum absolute atomic E-state index is 0.0387. The normalized spacial score (nSPS) is 10.6. The van der Waals surface area contributed by atoms with Gasteiger partial charge < -0.3 is 5.11 Å². The summed E-state index contributed by atoms with van der Waals surface area (Å²) in [6.07, 6.45) is 0. The van der Waals surface area contributed by atoms with Crippen molar-refractivity contribution in [3.63, 3.8) is 0 Å². The van der Waals surface area contributed by atoms with Gasteiger partial charge in [-0.1, -0.05) is 17.5 Å². The maximum atomic E-state index is 13.6. The number of carbonyl (C=O) groups is 1. The van der Waals surface area contributed by atoms with Crippen LogP contribution in [0.4, 0.5) is 10.1 Å². The second-order valence-corrected chi connectivity index (χ2v) is 6.82. The fourth-order valence-electron chi connectivity index (χ4n) is 2.72. The van der Waals surface area contributed by atoms with Gasteiger partial charge in [0.25, 0.3) is 5.69 Å². The highest BCUT2D eigenvalue weighted by atomic mass is 79.9. The van der Waals surface area contributed by atoms with Crippen molar-refractivity contribution >= 4 is 49.9 Å². The first kappa shape index (κ1) is 19.9. The Bertz CT molecular complexity index is 1210. The Morgan fingerprint density at radius 1 is 1.46 bits per heavy atom. The molecule has 142 valence electrons. The molecular weight excluding hydrogens is 457 g/mol. The summed E-state index contributed by atoms with van der Waals surface area (Å²) in [6, 6.07) is 4.37. The van der Waals surface area contributed by atoms with E-state index in [4.69, 9.17) is 16.7 Å². The molecule has 3 rings (SSSR count). The third kappa shape index (κ3) is 3.38. The monoisotopic (exact) mass is 465 g/mol. The van der Waals surface area contributed by atoms with Gasteiger partial charge in [-0.25, -0.2) is 4.39 Å². The Labute approximate surface area is 171 Å². The van der Waals surface area contributed by atoms with Crippen LogP contribution in [-0.2, 0) is 7.05 Å². The van der Waals surface area contributed by atoms with Crippen LogP contribution in [0.25, 0.3) is 10.9 Å². The molecule has 0 amide bonds. The van der Waals surface area contributed by atoms with Crippen molar-refractivity contribution in [2.75, 3.05) is 6.61 Å². The van der Waals surface area contributed by atoms with Crippen molar-refractivity contribution in [1.82, 2.24) is 9.78 Å². The fraction of sp³-hybridized carbons (Fsp3) is 0.111. The molecule has 10 heteroatoms. The number of rotatable bonds is 3. The van der Waals surface area contributed by atoms with E-state index in [2.05, 4.69) is 32.9 Å². The number of halogens is 3. The van der Waals surface area contributed by atoms with Crippen LogP contribution in [0, 0.1) is 27.8 Å². The number of carbonyl (C=O) groups excluding carboxylic acids is 1. The molecule has 0 unspecified atom stereocenters. The minimum Gasteiger partial charge on any atom is -0.384 e. The topological polar surface area (TPSA) is 98.3 Å². The Balaban J connectivity index is 2.35. The van der Waals surface area contributed by atoms with Crippen LogP contribution in [-0.4, -0.2) is 32.2 Å². The van der Waals surface area contributed by atoms with Gasteiger partial charge in [0.2, 0.25) is 5.78 Å². The van der Waals surface area contributed by atoms with Crippen LogP contribution in [0.15, 0.2) is 28.7 Å². The number of hydrogen-bond donors (Lipinski definition) is 1. The van der Waals surface area contributed by atoms with E-state index in [1.165, 1.54) is 16.8 Å². The zero-order valence-electron chi connectivity index (χ0n) is 14.2. The highest BCUT2D eigenvalue weighted by Crippen LogP contribution is 2.38. The van der Waals surface area contributed by atoms with Gasteiger partial charge in [0.15, 0.2) is 0 Å². The lowest BCUT2D eigenvalue weighted by atomic mass is 9.99. The highest BCUT2D eigenvalue weighted by Gasteiger charge is 2.30. The fourth-order valence-corrected chi connectivity index (χ4v) is 3.60. The molecular formula is C18H10BrClFN3O4. The van der Waals surface area contributed by atoms with E-state index in [0.717, 1.165) is 12.1 Å². The smallest absolute Gasteiger partial charge is 0.282 e. The molecule has 1 N–H and O–H groups in total. The summed E-state index contributed by atoms with van der Waals surface area (Å²) in [4.78, 5) is 23.9. The lowest BCUT2D eigenvalue weighted by molar-refractivity contribution is -0.385. The summed E-state index contributed by atoms with van der Waals surface area (Å²) in [5.41, 5.74) is -0.433. The predicted octanol–water partition coefficient (Wildman–Crippen LogP) is 3.61. The number of benzene rings is 2.